The molecule has 1 aromatic carbocycles. The Morgan fingerprint density at radius 1 is 1.30 bits per heavy atom. The van der Waals surface area contributed by atoms with Crippen LogP contribution in [0.15, 0.2) is 42.7 Å². The third-order valence-corrected chi connectivity index (χ3v) is 4.31. The smallest absolute Gasteiger partial charge is 0.335 e. The van der Waals surface area contributed by atoms with Crippen LogP contribution in [0.25, 0.3) is 11.3 Å². The molecule has 8 nitrogen and oxygen atoms in total. The van der Waals surface area contributed by atoms with Gasteiger partial charge in [-0.3, -0.25) is 0 Å². The second kappa shape index (κ2) is 6.91. The molecule has 0 unspecified atom stereocenters. The topological polar surface area (TPSA) is 123 Å². The second-order valence-corrected chi connectivity index (χ2v) is 6.09. The molecule has 136 valence electrons. The fourth-order valence-electron chi connectivity index (χ4n) is 3.05. The SMILES string of the molecule is Nc1nccc(-c2cnc(NCc3cccc(C(=O)O)c3)c3c2OCC3)n1. The number of nitrogens with two attached hydrogens (primary N) is 1. The van der Waals surface area contributed by atoms with Crippen molar-refractivity contribution in [3.63, 3.8) is 0 Å². The summed E-state index contributed by atoms with van der Waals surface area (Å²) in [5.41, 5.74) is 9.20. The maximum absolute atomic E-state index is 11.1. The van der Waals surface area contributed by atoms with E-state index < -0.39 is 5.97 Å². The number of aromatic carboxylic acids is 1. The molecule has 4 rings (SSSR count). The second-order valence-electron chi connectivity index (χ2n) is 6.09. The zero-order valence-corrected chi connectivity index (χ0v) is 14.3. The van der Waals surface area contributed by atoms with Crippen molar-refractivity contribution in [2.45, 2.75) is 13.0 Å². The molecule has 4 N–H and O–H groups in total. The molecule has 1 aliphatic heterocycles. The number of hydrogen-bond acceptors (Lipinski definition) is 7. The third-order valence-electron chi connectivity index (χ3n) is 4.31. The lowest BCUT2D eigenvalue weighted by atomic mass is 10.1. The van der Waals surface area contributed by atoms with Crippen molar-refractivity contribution in [2.24, 2.45) is 0 Å². The number of nitrogen functional groups attached to an aromatic ring is 1. The summed E-state index contributed by atoms with van der Waals surface area (Å²) in [5.74, 6) is 0.705. The van der Waals surface area contributed by atoms with Gasteiger partial charge in [0.2, 0.25) is 5.95 Å². The van der Waals surface area contributed by atoms with Crippen LogP contribution in [0.3, 0.4) is 0 Å². The quantitative estimate of drug-likeness (QED) is 0.631. The van der Waals surface area contributed by atoms with Gasteiger partial charge in [0.1, 0.15) is 11.6 Å². The lowest BCUT2D eigenvalue weighted by molar-refractivity contribution is 0.0696. The van der Waals surface area contributed by atoms with E-state index in [2.05, 4.69) is 20.3 Å². The highest BCUT2D eigenvalue weighted by atomic mass is 16.5. The highest BCUT2D eigenvalue weighted by Crippen LogP contribution is 2.39. The van der Waals surface area contributed by atoms with Gasteiger partial charge in [0.25, 0.3) is 0 Å². The Morgan fingerprint density at radius 3 is 3.00 bits per heavy atom. The van der Waals surface area contributed by atoms with Crippen molar-refractivity contribution in [2.75, 3.05) is 17.7 Å². The van der Waals surface area contributed by atoms with Gasteiger partial charge in [-0.25, -0.2) is 19.7 Å². The summed E-state index contributed by atoms with van der Waals surface area (Å²) in [7, 11) is 0. The highest BCUT2D eigenvalue weighted by molar-refractivity contribution is 5.87. The highest BCUT2D eigenvalue weighted by Gasteiger charge is 2.23. The summed E-state index contributed by atoms with van der Waals surface area (Å²) in [5, 5.41) is 12.4. The molecule has 0 spiro atoms. The number of carboxylic acids is 1. The minimum Gasteiger partial charge on any atom is -0.492 e. The number of carbonyl (C=O) groups is 1. The van der Waals surface area contributed by atoms with Gasteiger partial charge in [0.15, 0.2) is 0 Å². The number of ether oxygens (including phenoxy) is 1. The van der Waals surface area contributed by atoms with Gasteiger partial charge in [-0.1, -0.05) is 12.1 Å². The fourth-order valence-corrected chi connectivity index (χ4v) is 3.05. The number of carboxylic acid groups (broad SMARTS) is 1. The van der Waals surface area contributed by atoms with Crippen LogP contribution in [0.2, 0.25) is 0 Å². The monoisotopic (exact) mass is 363 g/mol. The van der Waals surface area contributed by atoms with Crippen molar-refractivity contribution >= 4 is 17.7 Å². The molecule has 3 heterocycles. The van der Waals surface area contributed by atoms with E-state index >= 15 is 0 Å². The van der Waals surface area contributed by atoms with Gasteiger partial charge < -0.3 is 20.9 Å². The number of benzene rings is 1. The molecular formula is C19H17N5O3. The van der Waals surface area contributed by atoms with Crippen LogP contribution in [0.4, 0.5) is 11.8 Å². The molecule has 0 bridgehead atoms. The van der Waals surface area contributed by atoms with Crippen LogP contribution >= 0.6 is 0 Å². The van der Waals surface area contributed by atoms with Crippen LogP contribution in [-0.4, -0.2) is 32.6 Å². The summed E-state index contributed by atoms with van der Waals surface area (Å²) in [6, 6.07) is 8.57. The predicted octanol–water partition coefficient (Wildman–Crippen LogP) is 2.37. The van der Waals surface area contributed by atoms with Crippen LogP contribution < -0.4 is 15.8 Å². The summed E-state index contributed by atoms with van der Waals surface area (Å²) < 4.78 is 5.81. The third kappa shape index (κ3) is 3.37. The minimum absolute atomic E-state index is 0.194. The molecule has 0 fully saturated rings. The number of aromatic nitrogens is 3. The Kier molecular flexibility index (Phi) is 4.29. The van der Waals surface area contributed by atoms with Crippen LogP contribution in [0.1, 0.15) is 21.5 Å². The molecule has 0 aliphatic carbocycles. The van der Waals surface area contributed by atoms with Crippen molar-refractivity contribution in [1.29, 1.82) is 0 Å². The zero-order chi connectivity index (χ0) is 18.8. The van der Waals surface area contributed by atoms with Gasteiger partial charge in [-0.05, 0) is 23.8 Å². The van der Waals surface area contributed by atoms with Gasteiger partial charge in [0.05, 0.1) is 23.4 Å². The fraction of sp³-hybridized carbons (Fsp3) is 0.158. The Hall–Kier alpha value is -3.68. The number of pyridine rings is 1. The molecule has 2 aromatic heterocycles. The van der Waals surface area contributed by atoms with E-state index in [4.69, 9.17) is 15.6 Å². The van der Waals surface area contributed by atoms with E-state index in [9.17, 15) is 4.79 Å². The number of nitrogens with one attached hydrogen (secondary N) is 1. The van der Waals surface area contributed by atoms with Crippen LogP contribution in [0.5, 0.6) is 5.75 Å². The summed E-state index contributed by atoms with van der Waals surface area (Å²) >= 11 is 0. The molecule has 0 amide bonds. The molecule has 1 aliphatic rings. The molecule has 0 atom stereocenters. The first kappa shape index (κ1) is 16.8. The molecule has 0 saturated heterocycles. The molecule has 0 saturated carbocycles. The minimum atomic E-state index is -0.947. The van der Waals surface area contributed by atoms with E-state index in [0.717, 1.165) is 28.9 Å². The number of nitrogens with zero attached hydrogens (tertiary/aromatic N) is 3. The lowest BCUT2D eigenvalue weighted by Gasteiger charge is -2.13. The molecule has 8 heteroatoms. The Labute approximate surface area is 155 Å². The molecule has 0 radical (unpaired) electrons. The predicted molar refractivity (Wildman–Crippen MR) is 99.6 cm³/mol. The number of fused-ring (bicyclic) bond motifs is 1. The summed E-state index contributed by atoms with van der Waals surface area (Å²) in [4.78, 5) is 23.8. The Balaban J connectivity index is 1.61. The number of hydrogen-bond donors (Lipinski definition) is 3. The first-order valence-corrected chi connectivity index (χ1v) is 8.41. The lowest BCUT2D eigenvalue weighted by Crippen LogP contribution is -2.06. The summed E-state index contributed by atoms with van der Waals surface area (Å²) in [6.07, 6.45) is 4.02. The molecule has 27 heavy (non-hydrogen) atoms. The largest absolute Gasteiger partial charge is 0.492 e. The number of anilines is 2. The van der Waals surface area contributed by atoms with E-state index in [1.54, 1.807) is 36.7 Å². The maximum atomic E-state index is 11.1. The van der Waals surface area contributed by atoms with E-state index in [1.165, 1.54) is 0 Å². The van der Waals surface area contributed by atoms with E-state index in [0.29, 0.717) is 24.7 Å². The number of rotatable bonds is 5. The van der Waals surface area contributed by atoms with Crippen LogP contribution in [-0.2, 0) is 13.0 Å². The normalized spacial score (nSPS) is 12.3. The average Bonchev–Trinajstić information content (AvgIpc) is 3.16. The van der Waals surface area contributed by atoms with E-state index in [-0.39, 0.29) is 11.5 Å². The van der Waals surface area contributed by atoms with Crippen molar-refractivity contribution in [3.8, 4) is 17.0 Å². The van der Waals surface area contributed by atoms with Crippen molar-refractivity contribution in [3.05, 3.63) is 59.4 Å². The van der Waals surface area contributed by atoms with Crippen molar-refractivity contribution < 1.29 is 14.6 Å². The molecule has 3 aromatic rings. The zero-order valence-electron chi connectivity index (χ0n) is 14.3. The molecular weight excluding hydrogens is 346 g/mol. The Bertz CT molecular complexity index is 1020. The van der Waals surface area contributed by atoms with E-state index in [1.807, 2.05) is 6.07 Å². The summed E-state index contributed by atoms with van der Waals surface area (Å²) in [6.45, 7) is 1.03. The first-order chi connectivity index (χ1) is 13.1. The Morgan fingerprint density at radius 2 is 2.19 bits per heavy atom. The van der Waals surface area contributed by atoms with Gasteiger partial charge in [-0.15, -0.1) is 0 Å². The van der Waals surface area contributed by atoms with Gasteiger partial charge >= 0.3 is 5.97 Å². The first-order valence-electron chi connectivity index (χ1n) is 8.41. The van der Waals surface area contributed by atoms with Gasteiger partial charge in [-0.2, -0.15) is 0 Å². The van der Waals surface area contributed by atoms with Crippen LogP contribution in [0, 0.1) is 0 Å². The average molecular weight is 363 g/mol. The van der Waals surface area contributed by atoms with Crippen molar-refractivity contribution in [1.82, 2.24) is 15.0 Å². The maximum Gasteiger partial charge on any atom is 0.335 e. The standard InChI is InChI=1S/C19H17N5O3/c20-19-21-6-4-15(24-19)14-10-23-17(13-5-7-27-16(13)14)22-9-11-2-1-3-12(8-11)18(25)26/h1-4,6,8,10H,5,7,9H2,(H,22,23)(H,25,26)(H2,20,21,24). The van der Waals surface area contributed by atoms with Gasteiger partial charge in [0, 0.05) is 30.9 Å².